The van der Waals surface area contributed by atoms with Gasteiger partial charge in [0.2, 0.25) is 0 Å². The molecule has 7 heteroatoms. The summed E-state index contributed by atoms with van der Waals surface area (Å²) in [5, 5.41) is 23.3. The third-order valence-corrected chi connectivity index (χ3v) is 5.91. The van der Waals surface area contributed by atoms with Gasteiger partial charge in [0, 0.05) is 40.3 Å². The summed E-state index contributed by atoms with van der Waals surface area (Å²) in [5.41, 5.74) is 3.58. The van der Waals surface area contributed by atoms with Gasteiger partial charge < -0.3 is 20.3 Å². The highest BCUT2D eigenvalue weighted by Gasteiger charge is 2.28. The van der Waals surface area contributed by atoms with E-state index >= 15 is 0 Å². The molecule has 2 atom stereocenters. The SMILES string of the molecule is Cc1cc(Cl)cc(-c2ccnc3cc(CO)sc23)c1O[C@@H]1CNC[C@@H]1O. The van der Waals surface area contributed by atoms with E-state index in [0.717, 1.165) is 31.8 Å². The number of halogens is 1. The predicted octanol–water partition coefficient (Wildman–Crippen LogP) is 3.13. The summed E-state index contributed by atoms with van der Waals surface area (Å²) in [6, 6.07) is 7.57. The number of ether oxygens (including phenoxy) is 1. The number of thiophene rings is 1. The molecule has 1 fully saturated rings. The van der Waals surface area contributed by atoms with Crippen LogP contribution in [0.5, 0.6) is 5.75 Å². The van der Waals surface area contributed by atoms with Crippen LogP contribution in [0.15, 0.2) is 30.5 Å². The van der Waals surface area contributed by atoms with Crippen LogP contribution in [0.4, 0.5) is 0 Å². The molecule has 1 aromatic carbocycles. The largest absolute Gasteiger partial charge is 0.485 e. The van der Waals surface area contributed by atoms with Crippen LogP contribution >= 0.6 is 22.9 Å². The van der Waals surface area contributed by atoms with Gasteiger partial charge in [0.1, 0.15) is 18.0 Å². The lowest BCUT2D eigenvalue weighted by Gasteiger charge is -2.21. The van der Waals surface area contributed by atoms with E-state index in [1.165, 1.54) is 11.3 Å². The van der Waals surface area contributed by atoms with Crippen LogP contribution in [0.2, 0.25) is 5.02 Å². The molecule has 3 aromatic rings. The number of β-amino-alcohol motifs (C(OH)–C–C–N with tert-alkyl or cyclic N) is 1. The zero-order chi connectivity index (χ0) is 18.3. The van der Waals surface area contributed by atoms with Crippen LogP contribution in [-0.4, -0.2) is 40.5 Å². The summed E-state index contributed by atoms with van der Waals surface area (Å²) < 4.78 is 7.18. The summed E-state index contributed by atoms with van der Waals surface area (Å²) in [6.07, 6.45) is 0.901. The fourth-order valence-corrected chi connectivity index (χ4v) is 4.55. The molecule has 3 N–H and O–H groups in total. The Labute approximate surface area is 160 Å². The van der Waals surface area contributed by atoms with Crippen LogP contribution in [0.1, 0.15) is 10.4 Å². The van der Waals surface area contributed by atoms with Gasteiger partial charge in [-0.25, -0.2) is 0 Å². The van der Waals surface area contributed by atoms with E-state index < -0.39 is 6.10 Å². The molecule has 0 amide bonds. The maximum absolute atomic E-state index is 10.1. The van der Waals surface area contributed by atoms with Crippen LogP contribution < -0.4 is 10.1 Å². The van der Waals surface area contributed by atoms with Gasteiger partial charge in [-0.3, -0.25) is 4.98 Å². The first kappa shape index (κ1) is 17.7. The molecule has 1 aliphatic rings. The Bertz CT molecular complexity index is 959. The van der Waals surface area contributed by atoms with Gasteiger partial charge in [0.25, 0.3) is 0 Å². The molecule has 0 bridgehead atoms. The quantitative estimate of drug-likeness (QED) is 0.638. The van der Waals surface area contributed by atoms with Gasteiger partial charge in [-0.15, -0.1) is 11.3 Å². The first-order chi connectivity index (χ1) is 12.6. The molecule has 1 aliphatic heterocycles. The Morgan fingerprint density at radius 1 is 1.31 bits per heavy atom. The van der Waals surface area contributed by atoms with Gasteiger partial charge in [-0.2, -0.15) is 0 Å². The average molecular weight is 391 g/mol. The lowest BCUT2D eigenvalue weighted by atomic mass is 10.0. The second-order valence-electron chi connectivity index (χ2n) is 6.42. The number of rotatable bonds is 4. The van der Waals surface area contributed by atoms with Gasteiger partial charge in [0.05, 0.1) is 16.8 Å². The molecular formula is C19H19ClN2O3S. The number of aryl methyl sites for hydroxylation is 1. The van der Waals surface area contributed by atoms with Crippen molar-refractivity contribution in [1.29, 1.82) is 0 Å². The molecule has 3 heterocycles. The molecule has 1 saturated heterocycles. The van der Waals surface area contributed by atoms with Gasteiger partial charge >= 0.3 is 0 Å². The van der Waals surface area contributed by atoms with E-state index in [1.807, 2.05) is 31.2 Å². The van der Waals surface area contributed by atoms with E-state index in [1.54, 1.807) is 6.20 Å². The Kier molecular flexibility index (Phi) is 4.86. The Hall–Kier alpha value is -1.70. The second-order valence-corrected chi connectivity index (χ2v) is 8.00. The number of nitrogens with zero attached hydrogens (tertiary/aromatic N) is 1. The number of aromatic nitrogens is 1. The number of hydrogen-bond acceptors (Lipinski definition) is 6. The average Bonchev–Trinajstić information content (AvgIpc) is 3.22. The molecule has 0 aliphatic carbocycles. The molecular weight excluding hydrogens is 372 g/mol. The van der Waals surface area contributed by atoms with Crippen molar-refractivity contribution < 1.29 is 14.9 Å². The summed E-state index contributed by atoms with van der Waals surface area (Å²) in [6.45, 7) is 3.06. The second kappa shape index (κ2) is 7.13. The fraction of sp³-hybridized carbons (Fsp3) is 0.316. The molecule has 0 unspecified atom stereocenters. The first-order valence-corrected chi connectivity index (χ1v) is 9.60. The lowest BCUT2D eigenvalue weighted by Crippen LogP contribution is -2.30. The summed E-state index contributed by atoms with van der Waals surface area (Å²) in [7, 11) is 0. The van der Waals surface area contributed by atoms with E-state index in [9.17, 15) is 10.2 Å². The van der Waals surface area contributed by atoms with E-state index in [-0.39, 0.29) is 12.7 Å². The molecule has 0 radical (unpaired) electrons. The summed E-state index contributed by atoms with van der Waals surface area (Å²) >= 11 is 7.84. The third kappa shape index (κ3) is 3.19. The smallest absolute Gasteiger partial charge is 0.138 e. The maximum atomic E-state index is 10.1. The summed E-state index contributed by atoms with van der Waals surface area (Å²) in [4.78, 5) is 5.26. The van der Waals surface area contributed by atoms with E-state index in [2.05, 4.69) is 10.3 Å². The molecule has 4 rings (SSSR count). The van der Waals surface area contributed by atoms with Crippen LogP contribution in [0.25, 0.3) is 21.3 Å². The van der Waals surface area contributed by atoms with Crippen LogP contribution in [0.3, 0.4) is 0 Å². The molecule has 0 saturated carbocycles. The standard InChI is InChI=1S/C19H19ClN2O3S/c1-10-4-11(20)5-14(18(10)25-17-8-21-7-16(17)24)13-2-3-22-15-6-12(9-23)26-19(13)15/h2-6,16-17,21,23-24H,7-9H2,1H3/t16-,17+/m0/s1. The van der Waals surface area contributed by atoms with Gasteiger partial charge in [-0.05, 0) is 36.8 Å². The van der Waals surface area contributed by atoms with Crippen molar-refractivity contribution in [2.75, 3.05) is 13.1 Å². The van der Waals surface area contributed by atoms with Crippen molar-refractivity contribution in [3.05, 3.63) is 45.9 Å². The van der Waals surface area contributed by atoms with Crippen molar-refractivity contribution in [1.82, 2.24) is 10.3 Å². The minimum absolute atomic E-state index is 0.0155. The number of aliphatic hydroxyl groups is 2. The number of nitrogens with one attached hydrogen (secondary N) is 1. The van der Waals surface area contributed by atoms with Crippen LogP contribution in [-0.2, 0) is 6.61 Å². The van der Waals surface area contributed by atoms with E-state index in [0.29, 0.717) is 23.9 Å². The minimum atomic E-state index is -0.543. The highest BCUT2D eigenvalue weighted by molar-refractivity contribution is 7.19. The zero-order valence-electron chi connectivity index (χ0n) is 14.2. The van der Waals surface area contributed by atoms with Crippen molar-refractivity contribution in [2.24, 2.45) is 0 Å². The minimum Gasteiger partial charge on any atom is -0.485 e. The number of hydrogen-bond donors (Lipinski definition) is 3. The van der Waals surface area contributed by atoms with E-state index in [4.69, 9.17) is 16.3 Å². The molecule has 5 nitrogen and oxygen atoms in total. The molecule has 2 aromatic heterocycles. The number of aliphatic hydroxyl groups excluding tert-OH is 2. The highest BCUT2D eigenvalue weighted by atomic mass is 35.5. The molecule has 26 heavy (non-hydrogen) atoms. The maximum Gasteiger partial charge on any atom is 0.138 e. The topological polar surface area (TPSA) is 74.6 Å². The number of fused-ring (bicyclic) bond motifs is 1. The Morgan fingerprint density at radius 2 is 2.15 bits per heavy atom. The van der Waals surface area contributed by atoms with Crippen molar-refractivity contribution in [2.45, 2.75) is 25.7 Å². The monoisotopic (exact) mass is 390 g/mol. The normalized spacial score (nSPS) is 20.0. The van der Waals surface area contributed by atoms with Crippen LogP contribution in [0, 0.1) is 6.92 Å². The number of pyridine rings is 1. The first-order valence-electron chi connectivity index (χ1n) is 8.41. The van der Waals surface area contributed by atoms with Gasteiger partial charge in [-0.1, -0.05) is 11.6 Å². The zero-order valence-corrected chi connectivity index (χ0v) is 15.8. The van der Waals surface area contributed by atoms with Crippen molar-refractivity contribution in [3.8, 4) is 16.9 Å². The lowest BCUT2D eigenvalue weighted by molar-refractivity contribution is 0.0737. The highest BCUT2D eigenvalue weighted by Crippen LogP contribution is 2.41. The third-order valence-electron chi connectivity index (χ3n) is 4.55. The number of benzene rings is 1. The Balaban J connectivity index is 1.87. The van der Waals surface area contributed by atoms with Crippen molar-refractivity contribution >= 4 is 33.2 Å². The van der Waals surface area contributed by atoms with Crippen molar-refractivity contribution in [3.63, 3.8) is 0 Å². The van der Waals surface area contributed by atoms with Gasteiger partial charge in [0.15, 0.2) is 0 Å². The predicted molar refractivity (Wildman–Crippen MR) is 104 cm³/mol. The molecule has 136 valence electrons. The molecule has 0 spiro atoms. The summed E-state index contributed by atoms with van der Waals surface area (Å²) in [5.74, 6) is 0.716. The fourth-order valence-electron chi connectivity index (χ4n) is 3.28. The Morgan fingerprint density at radius 3 is 2.88 bits per heavy atom.